The van der Waals surface area contributed by atoms with Gasteiger partial charge in [-0.2, -0.15) is 0 Å². The van der Waals surface area contributed by atoms with E-state index in [0.717, 1.165) is 37.4 Å². The van der Waals surface area contributed by atoms with Crippen molar-refractivity contribution < 1.29 is 13.6 Å². The van der Waals surface area contributed by atoms with Gasteiger partial charge in [0.05, 0.1) is 20.5 Å². The van der Waals surface area contributed by atoms with Crippen LogP contribution >= 0.6 is 34.4 Å². The van der Waals surface area contributed by atoms with Crippen molar-refractivity contribution in [3.8, 4) is 21.8 Å². The summed E-state index contributed by atoms with van der Waals surface area (Å²) >= 11 is 4.48. The summed E-state index contributed by atoms with van der Waals surface area (Å²) in [7, 11) is 0. The van der Waals surface area contributed by atoms with Gasteiger partial charge in [0.1, 0.15) is 22.5 Å². The van der Waals surface area contributed by atoms with Crippen LogP contribution in [0.4, 0.5) is 20.2 Å². The minimum Gasteiger partial charge on any atom is -0.383 e. The Labute approximate surface area is 195 Å². The van der Waals surface area contributed by atoms with E-state index in [0.29, 0.717) is 22.7 Å². The highest BCUT2D eigenvalue weighted by Crippen LogP contribution is 2.40. The molecule has 2 aromatic heterocycles. The first-order valence-corrected chi connectivity index (χ1v) is 12.1. The van der Waals surface area contributed by atoms with Crippen LogP contribution in [0.2, 0.25) is 0 Å². The van der Waals surface area contributed by atoms with Gasteiger partial charge in [-0.25, -0.2) is 13.8 Å². The second kappa shape index (κ2) is 9.19. The molecule has 0 bridgehead atoms. The number of benzene rings is 2. The van der Waals surface area contributed by atoms with Gasteiger partial charge in [0.2, 0.25) is 6.41 Å². The lowest BCUT2D eigenvalue weighted by atomic mass is 10.1. The lowest BCUT2D eigenvalue weighted by Crippen LogP contribution is -2.15. The van der Waals surface area contributed by atoms with Crippen molar-refractivity contribution >= 4 is 58.1 Å². The van der Waals surface area contributed by atoms with E-state index in [1.807, 2.05) is 23.8 Å². The van der Waals surface area contributed by atoms with Gasteiger partial charge in [0, 0.05) is 28.3 Å². The molecule has 0 radical (unpaired) electrons. The number of nitrogens with zero attached hydrogens (tertiary/aromatic N) is 2. The lowest BCUT2D eigenvalue weighted by Gasteiger charge is -2.19. The number of thiophene rings is 1. The molecule has 0 saturated carbocycles. The first-order valence-electron chi connectivity index (χ1n) is 9.19. The predicted molar refractivity (Wildman–Crippen MR) is 128 cm³/mol. The highest BCUT2D eigenvalue weighted by molar-refractivity contribution is 8.00. The Kier molecular flexibility index (Phi) is 6.35. The predicted octanol–water partition coefficient (Wildman–Crippen LogP) is 6.12. The number of nitrogens with two attached hydrogens (primary N) is 1. The van der Waals surface area contributed by atoms with Gasteiger partial charge in [-0.05, 0) is 36.6 Å². The van der Waals surface area contributed by atoms with Crippen molar-refractivity contribution in [1.29, 1.82) is 5.41 Å². The number of carbonyl (C=O) groups excluding carboxylic acids is 1. The fourth-order valence-electron chi connectivity index (χ4n) is 3.09. The quantitative estimate of drug-likeness (QED) is 0.143. The van der Waals surface area contributed by atoms with Gasteiger partial charge < -0.3 is 5.73 Å². The maximum Gasteiger partial charge on any atom is 0.218 e. The van der Waals surface area contributed by atoms with E-state index in [4.69, 9.17) is 16.1 Å². The Morgan fingerprint density at radius 2 is 2.03 bits per heavy atom. The summed E-state index contributed by atoms with van der Waals surface area (Å²) in [5, 5.41) is 10.4. The van der Waals surface area contributed by atoms with Crippen molar-refractivity contribution in [2.24, 2.45) is 5.73 Å². The molecule has 0 atom stereocenters. The van der Waals surface area contributed by atoms with E-state index in [1.54, 1.807) is 30.0 Å². The molecular weight excluding hydrogens is 470 g/mol. The van der Waals surface area contributed by atoms with E-state index in [-0.39, 0.29) is 11.5 Å². The molecule has 2 heterocycles. The molecule has 1 amide bonds. The number of aromatic nitrogens is 1. The van der Waals surface area contributed by atoms with Crippen LogP contribution in [0.15, 0.2) is 58.1 Å². The molecule has 4 aromatic rings. The molecule has 0 unspecified atom stereocenters. The molecule has 0 aliphatic carbocycles. The average Bonchev–Trinajstić information content (AvgIpc) is 3.43. The Morgan fingerprint density at radius 1 is 1.22 bits per heavy atom. The van der Waals surface area contributed by atoms with Crippen LogP contribution in [0.3, 0.4) is 0 Å². The van der Waals surface area contributed by atoms with Gasteiger partial charge >= 0.3 is 0 Å². The highest BCUT2D eigenvalue weighted by atomic mass is 32.2. The molecule has 4 rings (SSSR count). The average molecular weight is 487 g/mol. The number of thiazole rings is 1. The number of rotatable bonds is 7. The second-order valence-corrected chi connectivity index (χ2v) is 9.57. The largest absolute Gasteiger partial charge is 0.383 e. The Bertz CT molecular complexity index is 1320. The SMILES string of the molecule is CSc1sc(C(=N)N)cc1-c1nc(-c2cccc(N(C=O)c3ccc(F)cc3F)c2)cs1. The summed E-state index contributed by atoms with van der Waals surface area (Å²) in [5.41, 5.74) is 8.38. The number of amides is 1. The lowest BCUT2D eigenvalue weighted by molar-refractivity contribution is -0.106. The summed E-state index contributed by atoms with van der Waals surface area (Å²) in [6.07, 6.45) is 2.45. The Morgan fingerprint density at radius 3 is 2.72 bits per heavy atom. The van der Waals surface area contributed by atoms with Crippen molar-refractivity contribution in [2.45, 2.75) is 4.21 Å². The maximum absolute atomic E-state index is 14.2. The highest BCUT2D eigenvalue weighted by Gasteiger charge is 2.18. The molecule has 0 aliphatic heterocycles. The number of hydrogen-bond donors (Lipinski definition) is 2. The smallest absolute Gasteiger partial charge is 0.218 e. The number of halogens is 2. The van der Waals surface area contributed by atoms with Crippen LogP contribution in [0.1, 0.15) is 4.88 Å². The molecule has 0 aliphatic rings. The molecule has 0 saturated heterocycles. The topological polar surface area (TPSA) is 83.1 Å². The van der Waals surface area contributed by atoms with Gasteiger partial charge in [0.25, 0.3) is 0 Å². The summed E-state index contributed by atoms with van der Waals surface area (Å²) in [6, 6.07) is 11.9. The van der Waals surface area contributed by atoms with Gasteiger partial charge in [-0.15, -0.1) is 34.4 Å². The standard InChI is InChI=1S/C22H16F2N4OS3/c1-30-22-15(9-19(32-22)20(25)26)21-27-17(10-31-21)12-3-2-4-14(7-12)28(11-29)18-6-5-13(23)8-16(18)24/h2-11H,1H3,(H3,25,26). The molecule has 2 aromatic carbocycles. The van der Waals surface area contributed by atoms with Crippen molar-refractivity contribution in [2.75, 3.05) is 11.2 Å². The van der Waals surface area contributed by atoms with Crippen molar-refractivity contribution in [1.82, 2.24) is 4.98 Å². The third-order valence-corrected chi connectivity index (χ3v) is 7.76. The molecule has 3 N–H and O–H groups in total. The zero-order valence-electron chi connectivity index (χ0n) is 16.6. The van der Waals surface area contributed by atoms with Crippen LogP contribution < -0.4 is 10.6 Å². The summed E-state index contributed by atoms with van der Waals surface area (Å²) in [4.78, 5) is 18.3. The van der Waals surface area contributed by atoms with Gasteiger partial charge in [-0.1, -0.05) is 12.1 Å². The van der Waals surface area contributed by atoms with Crippen molar-refractivity contribution in [3.63, 3.8) is 0 Å². The van der Waals surface area contributed by atoms with Crippen LogP contribution in [-0.2, 0) is 4.79 Å². The third kappa shape index (κ3) is 4.29. The van der Waals surface area contributed by atoms with Gasteiger partial charge in [-0.3, -0.25) is 15.1 Å². The monoisotopic (exact) mass is 486 g/mol. The van der Waals surface area contributed by atoms with E-state index in [1.165, 1.54) is 28.7 Å². The first-order chi connectivity index (χ1) is 15.4. The normalized spacial score (nSPS) is 10.8. The zero-order chi connectivity index (χ0) is 22.8. The van der Waals surface area contributed by atoms with Crippen LogP contribution in [-0.4, -0.2) is 23.5 Å². The Balaban J connectivity index is 1.70. The van der Waals surface area contributed by atoms with Crippen LogP contribution in [0.25, 0.3) is 21.8 Å². The molecule has 0 fully saturated rings. The molecule has 5 nitrogen and oxygen atoms in total. The number of hydrogen-bond acceptors (Lipinski definition) is 6. The minimum atomic E-state index is -0.832. The van der Waals surface area contributed by atoms with E-state index in [9.17, 15) is 13.6 Å². The number of nitrogen functional groups attached to an aromatic ring is 1. The zero-order valence-corrected chi connectivity index (χ0v) is 19.1. The van der Waals surface area contributed by atoms with Gasteiger partial charge in [0.15, 0.2) is 0 Å². The maximum atomic E-state index is 14.2. The van der Waals surface area contributed by atoms with E-state index in [2.05, 4.69) is 0 Å². The number of nitrogens with one attached hydrogen (secondary N) is 1. The van der Waals surface area contributed by atoms with Crippen molar-refractivity contribution in [3.05, 3.63) is 70.4 Å². The summed E-state index contributed by atoms with van der Waals surface area (Å²) < 4.78 is 28.5. The second-order valence-electron chi connectivity index (χ2n) is 6.59. The molecular formula is C22H16F2N4OS3. The molecule has 32 heavy (non-hydrogen) atoms. The fourth-order valence-corrected chi connectivity index (χ4v) is 5.80. The summed E-state index contributed by atoms with van der Waals surface area (Å²) in [6.45, 7) is 0. The first kappa shape index (κ1) is 22.1. The van der Waals surface area contributed by atoms with Crippen LogP contribution in [0, 0.1) is 17.0 Å². The van der Waals surface area contributed by atoms with Crippen LogP contribution in [0.5, 0.6) is 0 Å². The Hall–Kier alpha value is -3.08. The number of carbonyl (C=O) groups is 1. The molecule has 162 valence electrons. The van der Waals surface area contributed by atoms with E-state index >= 15 is 0 Å². The third-order valence-electron chi connectivity index (χ3n) is 4.58. The van der Waals surface area contributed by atoms with E-state index < -0.39 is 11.6 Å². The molecule has 10 heteroatoms. The molecule has 0 spiro atoms. The number of thioether (sulfide) groups is 1. The minimum absolute atomic E-state index is 0.0167. The number of anilines is 2. The number of amidine groups is 1. The summed E-state index contributed by atoms with van der Waals surface area (Å²) in [5.74, 6) is -1.53. The fraction of sp³-hybridized carbons (Fsp3) is 0.0455.